The molecule has 0 bridgehead atoms. The lowest BCUT2D eigenvalue weighted by Gasteiger charge is -2.55. The van der Waals surface area contributed by atoms with Gasteiger partial charge in [0.1, 0.15) is 0 Å². The van der Waals surface area contributed by atoms with Crippen molar-refractivity contribution in [1.29, 1.82) is 0 Å². The summed E-state index contributed by atoms with van der Waals surface area (Å²) in [6.07, 6.45) is 9.52. The number of aliphatic hydroxyl groups is 1. The van der Waals surface area contributed by atoms with Gasteiger partial charge in [-0.3, -0.25) is 0 Å². The Bertz CT molecular complexity index is 950. The van der Waals surface area contributed by atoms with Crippen LogP contribution in [0.5, 0.6) is 0 Å². The predicted molar refractivity (Wildman–Crippen MR) is 200 cm³/mol. The molecule has 4 fully saturated rings. The van der Waals surface area contributed by atoms with Gasteiger partial charge in [-0.2, -0.15) is 0 Å². The van der Waals surface area contributed by atoms with Crippen molar-refractivity contribution >= 4 is 8.60 Å². The summed E-state index contributed by atoms with van der Waals surface area (Å²) < 4.78 is 21.3. The van der Waals surface area contributed by atoms with E-state index in [1.807, 2.05) is 0 Å². The number of aliphatic hydroxyl groups excluding tert-OH is 1. The summed E-state index contributed by atoms with van der Waals surface area (Å²) >= 11 is 0. The molecule has 47 heavy (non-hydrogen) atoms. The molecule has 0 aromatic rings. The Hall–Kier alpha value is 0.270. The SMILES string of the molecule is C[C@H]1CC(CCCOP2OC3C(CC(C(C)(C)C)CC3C(C)(C)C)C3CC(C(C)(C)C)CC(C(C)(C)C)C3O2)CC(C(C)(C)C)C1O. The molecule has 1 heterocycles. The Morgan fingerprint density at radius 2 is 1.00 bits per heavy atom. The van der Waals surface area contributed by atoms with Crippen molar-refractivity contribution in [3.05, 3.63) is 0 Å². The molecule has 1 aliphatic heterocycles. The molecular formula is C42H79O4P. The minimum absolute atomic E-state index is 0.131. The van der Waals surface area contributed by atoms with E-state index in [4.69, 9.17) is 13.6 Å². The molecule has 0 amide bonds. The predicted octanol–water partition coefficient (Wildman–Crippen LogP) is 12.3. The average molecular weight is 679 g/mol. The highest BCUT2D eigenvalue weighted by molar-refractivity contribution is 7.41. The Morgan fingerprint density at radius 1 is 0.574 bits per heavy atom. The summed E-state index contributed by atoms with van der Waals surface area (Å²) in [6, 6.07) is 0. The Morgan fingerprint density at radius 3 is 1.38 bits per heavy atom. The van der Waals surface area contributed by atoms with Crippen LogP contribution in [0.1, 0.15) is 162 Å². The standard InChI is InChI=1S/C42H79O4P/c1-26-20-27(21-32(35(26)43)40(8,9)10)18-17-19-44-47-45-36-30(22-28(38(2,3)4)24-33(36)41(11,12)13)31-23-29(39(5,6)7)25-34(37(31)46-47)42(14,15)16/h26-37,43H,17-25H2,1-16H3/t26-,27?,28?,29?,30?,31?,32?,33?,34?,35?,36?,37?,47?/m0/s1. The molecule has 11 unspecified atom stereocenters. The fourth-order valence-corrected chi connectivity index (χ4v) is 11.9. The van der Waals surface area contributed by atoms with Crippen molar-refractivity contribution < 1.29 is 18.7 Å². The zero-order valence-corrected chi connectivity index (χ0v) is 34.8. The fourth-order valence-electron chi connectivity index (χ4n) is 10.4. The van der Waals surface area contributed by atoms with E-state index in [1.54, 1.807) is 0 Å². The van der Waals surface area contributed by atoms with Crippen molar-refractivity contribution in [2.75, 3.05) is 6.61 Å². The zero-order chi connectivity index (χ0) is 35.5. The summed E-state index contributed by atoms with van der Waals surface area (Å²) in [6.45, 7) is 39.3. The number of fused-ring (bicyclic) bond motifs is 3. The first-order chi connectivity index (χ1) is 21.3. The quantitative estimate of drug-likeness (QED) is 0.232. The normalized spacial score (nSPS) is 41.2. The van der Waals surface area contributed by atoms with E-state index in [1.165, 1.54) is 25.7 Å². The molecule has 4 rings (SSSR count). The number of hydrogen-bond acceptors (Lipinski definition) is 4. The molecule has 0 aromatic heterocycles. The zero-order valence-electron chi connectivity index (χ0n) is 33.9. The van der Waals surface area contributed by atoms with Crippen LogP contribution in [-0.4, -0.2) is 30.0 Å². The smallest absolute Gasteiger partial charge is 0.333 e. The molecule has 3 saturated carbocycles. The Kier molecular flexibility index (Phi) is 12.2. The van der Waals surface area contributed by atoms with Crippen LogP contribution >= 0.6 is 8.60 Å². The van der Waals surface area contributed by atoms with Crippen LogP contribution in [0.3, 0.4) is 0 Å². The number of rotatable bonds is 5. The highest BCUT2D eigenvalue weighted by atomic mass is 31.2. The first-order valence-electron chi connectivity index (χ1n) is 19.7. The molecular weight excluding hydrogens is 599 g/mol. The van der Waals surface area contributed by atoms with Gasteiger partial charge in [0.05, 0.1) is 24.9 Å². The second-order valence-electron chi connectivity index (χ2n) is 22.5. The minimum atomic E-state index is -1.43. The van der Waals surface area contributed by atoms with Gasteiger partial charge in [-0.1, -0.05) is 111 Å². The number of hydrogen-bond donors (Lipinski definition) is 1. The maximum Gasteiger partial charge on any atom is 0.333 e. The van der Waals surface area contributed by atoms with Crippen LogP contribution < -0.4 is 0 Å². The van der Waals surface area contributed by atoms with Crippen molar-refractivity contribution in [2.24, 2.45) is 80.3 Å². The maximum absolute atomic E-state index is 11.0. The van der Waals surface area contributed by atoms with Gasteiger partial charge in [0.25, 0.3) is 0 Å². The van der Waals surface area contributed by atoms with E-state index < -0.39 is 8.60 Å². The lowest BCUT2D eigenvalue weighted by molar-refractivity contribution is -0.104. The molecule has 3 aliphatic carbocycles. The van der Waals surface area contributed by atoms with E-state index in [-0.39, 0.29) is 45.4 Å². The van der Waals surface area contributed by atoms with E-state index >= 15 is 0 Å². The average Bonchev–Trinajstić information content (AvgIpc) is 3.05. The topological polar surface area (TPSA) is 47.9 Å². The molecule has 0 radical (unpaired) electrons. The highest BCUT2D eigenvalue weighted by Crippen LogP contribution is 2.64. The molecule has 1 saturated heterocycles. The maximum atomic E-state index is 11.0. The lowest BCUT2D eigenvalue weighted by Crippen LogP contribution is -2.54. The van der Waals surface area contributed by atoms with Crippen LogP contribution in [0.4, 0.5) is 0 Å². The first kappa shape index (κ1) is 40.0. The van der Waals surface area contributed by atoms with Crippen LogP contribution in [0.25, 0.3) is 0 Å². The molecule has 276 valence electrons. The monoisotopic (exact) mass is 679 g/mol. The van der Waals surface area contributed by atoms with Crippen LogP contribution in [0, 0.1) is 80.3 Å². The molecule has 4 nitrogen and oxygen atoms in total. The van der Waals surface area contributed by atoms with Crippen molar-refractivity contribution in [2.45, 2.75) is 180 Å². The fraction of sp³-hybridized carbons (Fsp3) is 1.00. The van der Waals surface area contributed by atoms with E-state index in [0.29, 0.717) is 59.9 Å². The molecule has 0 spiro atoms. The third kappa shape index (κ3) is 9.58. The van der Waals surface area contributed by atoms with Gasteiger partial charge < -0.3 is 18.7 Å². The molecule has 0 aromatic carbocycles. The third-order valence-corrected chi connectivity index (χ3v) is 15.0. The van der Waals surface area contributed by atoms with E-state index in [0.717, 1.165) is 25.7 Å². The van der Waals surface area contributed by atoms with Crippen LogP contribution in [0.2, 0.25) is 0 Å². The first-order valence-corrected chi connectivity index (χ1v) is 20.8. The van der Waals surface area contributed by atoms with Crippen LogP contribution in [0.15, 0.2) is 0 Å². The highest BCUT2D eigenvalue weighted by Gasteiger charge is 2.58. The minimum Gasteiger partial charge on any atom is -0.393 e. The summed E-state index contributed by atoms with van der Waals surface area (Å²) in [5.41, 5.74) is 0.992. The Labute approximate surface area is 294 Å². The summed E-state index contributed by atoms with van der Waals surface area (Å²) in [5.74, 6) is 4.69. The largest absolute Gasteiger partial charge is 0.393 e. The van der Waals surface area contributed by atoms with Crippen LogP contribution in [-0.2, 0) is 13.6 Å². The molecule has 4 aliphatic rings. The van der Waals surface area contributed by atoms with E-state index in [2.05, 4.69) is 111 Å². The van der Waals surface area contributed by atoms with Crippen molar-refractivity contribution in [3.8, 4) is 0 Å². The second kappa shape index (κ2) is 14.4. The van der Waals surface area contributed by atoms with Gasteiger partial charge in [0.2, 0.25) is 0 Å². The molecule has 1 N–H and O–H groups in total. The van der Waals surface area contributed by atoms with Crippen molar-refractivity contribution in [1.82, 2.24) is 0 Å². The summed E-state index contributed by atoms with van der Waals surface area (Å²) in [4.78, 5) is 0. The van der Waals surface area contributed by atoms with Gasteiger partial charge in [-0.05, 0) is 132 Å². The summed E-state index contributed by atoms with van der Waals surface area (Å²) in [7, 11) is -1.43. The van der Waals surface area contributed by atoms with Gasteiger partial charge in [0, 0.05) is 0 Å². The molecule has 5 heteroatoms. The van der Waals surface area contributed by atoms with Crippen molar-refractivity contribution in [3.63, 3.8) is 0 Å². The molecule has 12 atom stereocenters. The van der Waals surface area contributed by atoms with E-state index in [9.17, 15) is 5.11 Å². The van der Waals surface area contributed by atoms with Gasteiger partial charge in [-0.15, -0.1) is 0 Å². The Balaban J connectivity index is 1.59. The second-order valence-corrected chi connectivity index (χ2v) is 23.6. The van der Waals surface area contributed by atoms with Gasteiger partial charge >= 0.3 is 8.60 Å². The summed E-state index contributed by atoms with van der Waals surface area (Å²) in [5, 5.41) is 11.0. The third-order valence-electron chi connectivity index (χ3n) is 13.8. The lowest BCUT2D eigenvalue weighted by atomic mass is 9.52. The van der Waals surface area contributed by atoms with Gasteiger partial charge in [-0.25, -0.2) is 0 Å². The van der Waals surface area contributed by atoms with Gasteiger partial charge in [0.15, 0.2) is 0 Å².